The van der Waals surface area contributed by atoms with Gasteiger partial charge in [0, 0.05) is 6.20 Å². The number of esters is 1. The van der Waals surface area contributed by atoms with Crippen LogP contribution in [0.25, 0.3) is 0 Å². The summed E-state index contributed by atoms with van der Waals surface area (Å²) in [6.07, 6.45) is 2.97. The molecule has 0 fully saturated rings. The van der Waals surface area contributed by atoms with E-state index >= 15 is 0 Å². The second kappa shape index (κ2) is 5.14. The minimum atomic E-state index is -0.428. The average molecular weight is 207 g/mol. The Bertz CT molecular complexity index is 374. The maximum atomic E-state index is 11.2. The molecule has 0 saturated heterocycles. The van der Waals surface area contributed by atoms with E-state index in [9.17, 15) is 4.79 Å². The molecule has 0 aromatic carbocycles. The van der Waals surface area contributed by atoms with Crippen LogP contribution in [0, 0.1) is 0 Å². The molecule has 0 atom stereocenters. The third kappa shape index (κ3) is 3.42. The molecule has 1 rings (SSSR count). The van der Waals surface area contributed by atoms with Crippen molar-refractivity contribution in [2.45, 2.75) is 6.92 Å². The largest absolute Gasteiger partial charge is 0.488 e. The van der Waals surface area contributed by atoms with Crippen LogP contribution in [-0.2, 0) is 4.74 Å². The van der Waals surface area contributed by atoms with E-state index in [4.69, 9.17) is 4.74 Å². The van der Waals surface area contributed by atoms with Gasteiger partial charge in [-0.3, -0.25) is 4.98 Å². The van der Waals surface area contributed by atoms with Gasteiger partial charge in [0.05, 0.1) is 18.9 Å². The average Bonchev–Trinajstić information content (AvgIpc) is 2.25. The number of ether oxygens (including phenoxy) is 2. The van der Waals surface area contributed by atoms with E-state index in [0.717, 1.165) is 5.57 Å². The molecule has 0 radical (unpaired) electrons. The van der Waals surface area contributed by atoms with Crippen molar-refractivity contribution < 1.29 is 14.3 Å². The lowest BCUT2D eigenvalue weighted by atomic mass is 10.3. The van der Waals surface area contributed by atoms with Gasteiger partial charge in [0.1, 0.15) is 12.4 Å². The first-order valence-electron chi connectivity index (χ1n) is 4.44. The molecule has 1 heterocycles. The number of methoxy groups -OCH3 is 1. The molecule has 0 bridgehead atoms. The number of rotatable bonds is 4. The first-order valence-corrected chi connectivity index (χ1v) is 4.44. The van der Waals surface area contributed by atoms with E-state index in [2.05, 4.69) is 16.3 Å². The predicted molar refractivity (Wildman–Crippen MR) is 55.9 cm³/mol. The normalized spacial score (nSPS) is 9.47. The molecule has 0 aliphatic heterocycles. The first kappa shape index (κ1) is 11.2. The first-order chi connectivity index (χ1) is 7.13. The highest BCUT2D eigenvalue weighted by Crippen LogP contribution is 2.12. The summed E-state index contributed by atoms with van der Waals surface area (Å²) in [6.45, 7) is 5.97. The van der Waals surface area contributed by atoms with E-state index < -0.39 is 5.97 Å². The van der Waals surface area contributed by atoms with E-state index in [1.807, 2.05) is 6.92 Å². The Hall–Kier alpha value is -1.84. The number of nitrogens with zero attached hydrogens (tertiary/aromatic N) is 1. The summed E-state index contributed by atoms with van der Waals surface area (Å²) in [5, 5.41) is 0. The molecule has 0 N–H and O–H groups in total. The van der Waals surface area contributed by atoms with Crippen molar-refractivity contribution in [3.05, 3.63) is 36.2 Å². The number of pyridine rings is 1. The van der Waals surface area contributed by atoms with Crippen LogP contribution in [0.3, 0.4) is 0 Å². The molecule has 0 aliphatic carbocycles. The summed E-state index contributed by atoms with van der Waals surface area (Å²) in [6, 6.07) is 1.59. The van der Waals surface area contributed by atoms with Crippen molar-refractivity contribution in [3.8, 4) is 5.75 Å². The zero-order valence-electron chi connectivity index (χ0n) is 8.82. The molecule has 15 heavy (non-hydrogen) atoms. The highest BCUT2D eigenvalue weighted by Gasteiger charge is 2.06. The van der Waals surface area contributed by atoms with Gasteiger partial charge in [-0.25, -0.2) is 4.79 Å². The Balaban J connectivity index is 2.74. The summed E-state index contributed by atoms with van der Waals surface area (Å²) in [4.78, 5) is 15.0. The summed E-state index contributed by atoms with van der Waals surface area (Å²) in [7, 11) is 1.32. The van der Waals surface area contributed by atoms with Gasteiger partial charge in [-0.15, -0.1) is 0 Å². The minimum absolute atomic E-state index is 0.372. The Morgan fingerprint density at radius 3 is 2.87 bits per heavy atom. The molecule has 1 aromatic rings. The SMILES string of the molecule is C=C(C)COc1cncc(C(=O)OC)c1. The minimum Gasteiger partial charge on any atom is -0.488 e. The second-order valence-electron chi connectivity index (χ2n) is 3.15. The van der Waals surface area contributed by atoms with Gasteiger partial charge in [-0.1, -0.05) is 6.58 Å². The Labute approximate surface area is 88.5 Å². The molecule has 0 unspecified atom stereocenters. The van der Waals surface area contributed by atoms with Gasteiger partial charge in [-0.05, 0) is 18.6 Å². The zero-order chi connectivity index (χ0) is 11.3. The lowest BCUT2D eigenvalue weighted by molar-refractivity contribution is 0.0599. The molecule has 0 saturated carbocycles. The Kier molecular flexibility index (Phi) is 3.85. The van der Waals surface area contributed by atoms with Crippen LogP contribution in [0.5, 0.6) is 5.75 Å². The maximum Gasteiger partial charge on any atom is 0.339 e. The van der Waals surface area contributed by atoms with Crippen molar-refractivity contribution in [1.82, 2.24) is 4.98 Å². The summed E-state index contributed by atoms with van der Waals surface area (Å²) in [5.41, 5.74) is 1.27. The number of aromatic nitrogens is 1. The van der Waals surface area contributed by atoms with Gasteiger partial charge in [0.25, 0.3) is 0 Å². The third-order valence-electron chi connectivity index (χ3n) is 1.62. The fraction of sp³-hybridized carbons (Fsp3) is 0.273. The van der Waals surface area contributed by atoms with Crippen LogP contribution in [0.15, 0.2) is 30.6 Å². The predicted octanol–water partition coefficient (Wildman–Crippen LogP) is 1.82. The fourth-order valence-electron chi connectivity index (χ4n) is 0.934. The van der Waals surface area contributed by atoms with Crippen molar-refractivity contribution in [3.63, 3.8) is 0 Å². The van der Waals surface area contributed by atoms with E-state index in [1.54, 1.807) is 6.07 Å². The van der Waals surface area contributed by atoms with Crippen LogP contribution >= 0.6 is 0 Å². The highest BCUT2D eigenvalue weighted by molar-refractivity contribution is 5.89. The Morgan fingerprint density at radius 2 is 2.27 bits per heavy atom. The van der Waals surface area contributed by atoms with Gasteiger partial charge in [0.2, 0.25) is 0 Å². The Morgan fingerprint density at radius 1 is 1.53 bits per heavy atom. The summed E-state index contributed by atoms with van der Waals surface area (Å²) in [5.74, 6) is 0.101. The topological polar surface area (TPSA) is 48.4 Å². The summed E-state index contributed by atoms with van der Waals surface area (Å²) < 4.78 is 9.90. The molecule has 1 aromatic heterocycles. The standard InChI is InChI=1S/C11H13NO3/c1-8(2)7-15-10-4-9(5-12-6-10)11(13)14-3/h4-6H,1,7H2,2-3H3. The third-order valence-corrected chi connectivity index (χ3v) is 1.62. The van der Waals surface area contributed by atoms with E-state index in [-0.39, 0.29) is 0 Å². The van der Waals surface area contributed by atoms with Crippen molar-refractivity contribution in [1.29, 1.82) is 0 Å². The number of carbonyl (C=O) groups excluding carboxylic acids is 1. The maximum absolute atomic E-state index is 11.2. The lowest BCUT2D eigenvalue weighted by Crippen LogP contribution is -2.03. The molecule has 0 spiro atoms. The van der Waals surface area contributed by atoms with Gasteiger partial charge in [0.15, 0.2) is 0 Å². The number of carbonyl (C=O) groups is 1. The van der Waals surface area contributed by atoms with Gasteiger partial charge in [-0.2, -0.15) is 0 Å². The van der Waals surface area contributed by atoms with Crippen LogP contribution < -0.4 is 4.74 Å². The highest BCUT2D eigenvalue weighted by atomic mass is 16.5. The molecule has 4 heteroatoms. The van der Waals surface area contributed by atoms with Crippen LogP contribution in [0.4, 0.5) is 0 Å². The summed E-state index contributed by atoms with van der Waals surface area (Å²) >= 11 is 0. The van der Waals surface area contributed by atoms with Crippen molar-refractivity contribution >= 4 is 5.97 Å². The molecular formula is C11H13NO3. The monoisotopic (exact) mass is 207 g/mol. The molecule has 80 valence electrons. The molecule has 4 nitrogen and oxygen atoms in total. The quantitative estimate of drug-likeness (QED) is 0.558. The van der Waals surface area contributed by atoms with Crippen molar-refractivity contribution in [2.24, 2.45) is 0 Å². The van der Waals surface area contributed by atoms with Crippen LogP contribution in [-0.4, -0.2) is 24.7 Å². The fourth-order valence-corrected chi connectivity index (χ4v) is 0.934. The van der Waals surface area contributed by atoms with Gasteiger partial charge < -0.3 is 9.47 Å². The van der Waals surface area contributed by atoms with E-state index in [1.165, 1.54) is 19.5 Å². The second-order valence-corrected chi connectivity index (χ2v) is 3.15. The number of hydrogen-bond acceptors (Lipinski definition) is 4. The van der Waals surface area contributed by atoms with Gasteiger partial charge >= 0.3 is 5.97 Å². The zero-order valence-corrected chi connectivity index (χ0v) is 8.82. The number of hydrogen-bond donors (Lipinski definition) is 0. The van der Waals surface area contributed by atoms with Crippen LogP contribution in [0.1, 0.15) is 17.3 Å². The molecule has 0 aliphatic rings. The molecule has 0 amide bonds. The van der Waals surface area contributed by atoms with E-state index in [0.29, 0.717) is 17.9 Å². The van der Waals surface area contributed by atoms with Crippen LogP contribution in [0.2, 0.25) is 0 Å². The lowest BCUT2D eigenvalue weighted by Gasteiger charge is -2.06. The van der Waals surface area contributed by atoms with Crippen molar-refractivity contribution in [2.75, 3.05) is 13.7 Å². The smallest absolute Gasteiger partial charge is 0.339 e. The molecular weight excluding hydrogens is 194 g/mol.